The highest BCUT2D eigenvalue weighted by Gasteiger charge is 2.38. The third kappa shape index (κ3) is 2.68. The van der Waals surface area contributed by atoms with Gasteiger partial charge in [0, 0.05) is 12.6 Å². The summed E-state index contributed by atoms with van der Waals surface area (Å²) >= 11 is 0. The second-order valence-electron chi connectivity index (χ2n) is 6.28. The van der Waals surface area contributed by atoms with Gasteiger partial charge in [-0.15, -0.1) is 0 Å². The summed E-state index contributed by atoms with van der Waals surface area (Å²) < 4.78 is 0. The van der Waals surface area contributed by atoms with E-state index in [1.54, 1.807) is 0 Å². The highest BCUT2D eigenvalue weighted by atomic mass is 15.2. The summed E-state index contributed by atoms with van der Waals surface area (Å²) in [5.74, 6) is 1.01. The van der Waals surface area contributed by atoms with Crippen LogP contribution in [0.25, 0.3) is 0 Å². The number of hydrogen-bond acceptors (Lipinski definition) is 2. The molecule has 1 aliphatic heterocycles. The first kappa shape index (κ1) is 13.4. The lowest BCUT2D eigenvalue weighted by atomic mass is 9.80. The van der Waals surface area contributed by atoms with Crippen LogP contribution in [0.5, 0.6) is 0 Å². The van der Waals surface area contributed by atoms with Crippen molar-refractivity contribution in [3.8, 4) is 0 Å². The van der Waals surface area contributed by atoms with Gasteiger partial charge in [-0.2, -0.15) is 0 Å². The first-order chi connectivity index (χ1) is 8.24. The Morgan fingerprint density at radius 2 is 1.82 bits per heavy atom. The monoisotopic (exact) mass is 238 g/mol. The van der Waals surface area contributed by atoms with Crippen molar-refractivity contribution >= 4 is 0 Å². The molecule has 0 amide bonds. The molecule has 2 rings (SSSR count). The van der Waals surface area contributed by atoms with Gasteiger partial charge in [0.1, 0.15) is 0 Å². The van der Waals surface area contributed by atoms with Crippen LogP contribution in [0.3, 0.4) is 0 Å². The van der Waals surface area contributed by atoms with Crippen LogP contribution in [0.15, 0.2) is 0 Å². The van der Waals surface area contributed by atoms with E-state index in [0.29, 0.717) is 5.41 Å². The van der Waals surface area contributed by atoms with Crippen LogP contribution in [0.1, 0.15) is 58.8 Å². The zero-order valence-corrected chi connectivity index (χ0v) is 11.8. The fourth-order valence-corrected chi connectivity index (χ4v) is 3.96. The summed E-state index contributed by atoms with van der Waals surface area (Å²) in [4.78, 5) is 2.78. The first-order valence-corrected chi connectivity index (χ1v) is 7.69. The van der Waals surface area contributed by atoms with Gasteiger partial charge in [0.05, 0.1) is 0 Å². The van der Waals surface area contributed by atoms with Crippen molar-refractivity contribution in [2.24, 2.45) is 17.1 Å². The van der Waals surface area contributed by atoms with Crippen molar-refractivity contribution < 1.29 is 0 Å². The lowest BCUT2D eigenvalue weighted by molar-refractivity contribution is 0.106. The molecule has 2 atom stereocenters. The molecule has 2 heteroatoms. The summed E-state index contributed by atoms with van der Waals surface area (Å²) in [5.41, 5.74) is 6.43. The van der Waals surface area contributed by atoms with E-state index in [-0.39, 0.29) is 0 Å². The minimum absolute atomic E-state index is 0.381. The van der Waals surface area contributed by atoms with E-state index in [1.165, 1.54) is 58.0 Å². The highest BCUT2D eigenvalue weighted by molar-refractivity contribution is 4.93. The summed E-state index contributed by atoms with van der Waals surface area (Å²) in [6.07, 6.45) is 9.75. The largest absolute Gasteiger partial charge is 0.330 e. The number of nitrogens with two attached hydrogens (primary N) is 1. The average Bonchev–Trinajstić information content (AvgIpc) is 2.79. The SMILES string of the molecule is CCC(CC)(CN)CN1CCC2CCCCC21. The fraction of sp³-hybridized carbons (Fsp3) is 1.00. The Morgan fingerprint density at radius 1 is 1.12 bits per heavy atom. The van der Waals surface area contributed by atoms with Gasteiger partial charge in [-0.05, 0) is 56.5 Å². The molecule has 0 spiro atoms. The van der Waals surface area contributed by atoms with E-state index in [4.69, 9.17) is 5.73 Å². The Balaban J connectivity index is 1.98. The van der Waals surface area contributed by atoms with Gasteiger partial charge in [-0.3, -0.25) is 4.90 Å². The molecule has 1 saturated heterocycles. The van der Waals surface area contributed by atoms with Gasteiger partial charge in [-0.1, -0.05) is 26.7 Å². The lowest BCUT2D eigenvalue weighted by Gasteiger charge is -2.39. The molecule has 0 aromatic heterocycles. The number of nitrogens with zero attached hydrogens (tertiary/aromatic N) is 1. The third-order valence-electron chi connectivity index (χ3n) is 5.60. The molecule has 2 N–H and O–H groups in total. The van der Waals surface area contributed by atoms with Crippen molar-refractivity contribution in [3.05, 3.63) is 0 Å². The third-order valence-corrected chi connectivity index (χ3v) is 5.60. The molecular formula is C15H30N2. The number of rotatable bonds is 5. The minimum Gasteiger partial charge on any atom is -0.330 e. The molecule has 100 valence electrons. The van der Waals surface area contributed by atoms with Crippen LogP contribution in [0.2, 0.25) is 0 Å². The van der Waals surface area contributed by atoms with E-state index in [0.717, 1.165) is 18.5 Å². The van der Waals surface area contributed by atoms with Crippen LogP contribution in [-0.4, -0.2) is 30.6 Å². The molecule has 0 radical (unpaired) electrons. The maximum atomic E-state index is 6.05. The maximum absolute atomic E-state index is 6.05. The maximum Gasteiger partial charge on any atom is 0.0124 e. The molecule has 1 heterocycles. The van der Waals surface area contributed by atoms with Gasteiger partial charge in [0.25, 0.3) is 0 Å². The lowest BCUT2D eigenvalue weighted by Crippen LogP contribution is -2.45. The van der Waals surface area contributed by atoms with Crippen molar-refractivity contribution in [3.63, 3.8) is 0 Å². The second-order valence-corrected chi connectivity index (χ2v) is 6.28. The molecule has 1 aliphatic carbocycles. The minimum atomic E-state index is 0.381. The Hall–Kier alpha value is -0.0800. The van der Waals surface area contributed by atoms with Crippen molar-refractivity contribution in [1.82, 2.24) is 4.90 Å². The quantitative estimate of drug-likeness (QED) is 0.798. The molecule has 2 nitrogen and oxygen atoms in total. The second kappa shape index (κ2) is 5.71. The Morgan fingerprint density at radius 3 is 2.47 bits per heavy atom. The van der Waals surface area contributed by atoms with E-state index >= 15 is 0 Å². The van der Waals surface area contributed by atoms with E-state index in [2.05, 4.69) is 18.7 Å². The van der Waals surface area contributed by atoms with Crippen LogP contribution < -0.4 is 5.73 Å². The smallest absolute Gasteiger partial charge is 0.0124 e. The van der Waals surface area contributed by atoms with Crippen molar-refractivity contribution in [2.45, 2.75) is 64.8 Å². The fourth-order valence-electron chi connectivity index (χ4n) is 3.96. The Kier molecular flexibility index (Phi) is 4.48. The predicted molar refractivity (Wildman–Crippen MR) is 74.0 cm³/mol. The molecule has 2 aliphatic rings. The highest BCUT2D eigenvalue weighted by Crippen LogP contribution is 2.38. The molecule has 1 saturated carbocycles. The molecule has 2 unspecified atom stereocenters. The van der Waals surface area contributed by atoms with Gasteiger partial charge in [0.2, 0.25) is 0 Å². The number of fused-ring (bicyclic) bond motifs is 1. The van der Waals surface area contributed by atoms with Crippen LogP contribution in [-0.2, 0) is 0 Å². The Labute approximate surface area is 107 Å². The van der Waals surface area contributed by atoms with E-state index in [1.807, 2.05) is 0 Å². The number of hydrogen-bond donors (Lipinski definition) is 1. The molecular weight excluding hydrogens is 208 g/mol. The van der Waals surface area contributed by atoms with Gasteiger partial charge in [-0.25, -0.2) is 0 Å². The topological polar surface area (TPSA) is 29.3 Å². The summed E-state index contributed by atoms with van der Waals surface area (Å²) in [6.45, 7) is 8.05. The zero-order chi connectivity index (χ0) is 12.3. The molecule has 17 heavy (non-hydrogen) atoms. The normalized spacial score (nSPS) is 30.5. The summed E-state index contributed by atoms with van der Waals surface area (Å²) in [5, 5.41) is 0. The van der Waals surface area contributed by atoms with E-state index in [9.17, 15) is 0 Å². The molecule has 0 aromatic carbocycles. The Bertz CT molecular complexity index is 227. The van der Waals surface area contributed by atoms with Crippen LogP contribution in [0.4, 0.5) is 0 Å². The molecule has 2 fully saturated rings. The number of likely N-dealkylation sites (tertiary alicyclic amines) is 1. The molecule has 0 bridgehead atoms. The van der Waals surface area contributed by atoms with Gasteiger partial charge < -0.3 is 5.73 Å². The van der Waals surface area contributed by atoms with Crippen molar-refractivity contribution in [2.75, 3.05) is 19.6 Å². The zero-order valence-electron chi connectivity index (χ0n) is 11.8. The van der Waals surface area contributed by atoms with Gasteiger partial charge >= 0.3 is 0 Å². The van der Waals surface area contributed by atoms with Gasteiger partial charge in [0.15, 0.2) is 0 Å². The van der Waals surface area contributed by atoms with Crippen molar-refractivity contribution in [1.29, 1.82) is 0 Å². The predicted octanol–water partition coefficient (Wildman–Crippen LogP) is 3.02. The molecule has 0 aromatic rings. The summed E-state index contributed by atoms with van der Waals surface area (Å²) in [7, 11) is 0. The summed E-state index contributed by atoms with van der Waals surface area (Å²) in [6, 6.07) is 0.896. The van der Waals surface area contributed by atoms with Crippen LogP contribution in [0, 0.1) is 11.3 Å². The average molecular weight is 238 g/mol. The van der Waals surface area contributed by atoms with E-state index < -0.39 is 0 Å². The standard InChI is InChI=1S/C15H30N2/c1-3-15(4-2,11-16)12-17-10-9-13-7-5-6-8-14(13)17/h13-14H,3-12,16H2,1-2H3. The first-order valence-electron chi connectivity index (χ1n) is 7.69. The van der Waals surface area contributed by atoms with Crippen LogP contribution >= 0.6 is 0 Å².